The van der Waals surface area contributed by atoms with Crippen molar-refractivity contribution in [3.63, 3.8) is 0 Å². The van der Waals surface area contributed by atoms with E-state index in [1.54, 1.807) is 22.3 Å². The molecule has 0 fully saturated rings. The van der Waals surface area contributed by atoms with Crippen LogP contribution in [-0.2, 0) is 25.7 Å². The SMILES string of the molecule is CCC(CC)(CC)CC.CCCc1cc(CCC)c(CCC)cc1CCC. The van der Waals surface area contributed by atoms with Crippen molar-refractivity contribution in [3.8, 4) is 0 Å². The van der Waals surface area contributed by atoms with Gasteiger partial charge in [-0.2, -0.15) is 0 Å². The van der Waals surface area contributed by atoms with Gasteiger partial charge in [-0.15, -0.1) is 0 Å². The fourth-order valence-corrected chi connectivity index (χ4v) is 4.30. The molecule has 0 radical (unpaired) electrons. The number of benzene rings is 1. The summed E-state index contributed by atoms with van der Waals surface area (Å²) in [4.78, 5) is 0. The van der Waals surface area contributed by atoms with Crippen LogP contribution in [0.2, 0.25) is 0 Å². The van der Waals surface area contributed by atoms with Crippen molar-refractivity contribution in [3.05, 3.63) is 34.4 Å². The standard InChI is InChI=1S/C18H30.C9H20/c1-5-9-15-13-17(11-7-3)18(12-8-4)14-16(15)10-6-2;1-5-9(6-2,7-3)8-4/h13-14H,5-12H2,1-4H3;5-8H2,1-4H3. The molecule has 0 saturated heterocycles. The average Bonchev–Trinajstić information content (AvgIpc) is 2.68. The highest BCUT2D eigenvalue weighted by molar-refractivity contribution is 5.39. The van der Waals surface area contributed by atoms with E-state index in [9.17, 15) is 0 Å². The van der Waals surface area contributed by atoms with E-state index in [1.807, 2.05) is 0 Å². The summed E-state index contributed by atoms with van der Waals surface area (Å²) in [5.74, 6) is 0. The molecule has 0 heteroatoms. The lowest BCUT2D eigenvalue weighted by Gasteiger charge is -2.28. The summed E-state index contributed by atoms with van der Waals surface area (Å²) in [6.07, 6.45) is 15.4. The smallest absolute Gasteiger partial charge is 0.0279 e. The molecular weight excluding hydrogens is 324 g/mol. The third-order valence-electron chi connectivity index (χ3n) is 6.60. The molecule has 0 N–H and O–H groups in total. The van der Waals surface area contributed by atoms with Gasteiger partial charge in [-0.3, -0.25) is 0 Å². The predicted molar refractivity (Wildman–Crippen MR) is 126 cm³/mol. The van der Waals surface area contributed by atoms with Gasteiger partial charge in [-0.25, -0.2) is 0 Å². The number of rotatable bonds is 12. The average molecular weight is 375 g/mol. The second-order valence-corrected chi connectivity index (χ2v) is 8.30. The first-order valence-electron chi connectivity index (χ1n) is 12.1. The van der Waals surface area contributed by atoms with Gasteiger partial charge in [-0.1, -0.05) is 119 Å². The summed E-state index contributed by atoms with van der Waals surface area (Å²) < 4.78 is 0. The fraction of sp³-hybridized carbons (Fsp3) is 0.778. The Kier molecular flexibility index (Phi) is 14.7. The molecule has 1 aromatic carbocycles. The van der Waals surface area contributed by atoms with Crippen LogP contribution in [0.25, 0.3) is 0 Å². The largest absolute Gasteiger partial charge is 0.0651 e. The van der Waals surface area contributed by atoms with Gasteiger partial charge in [0.15, 0.2) is 0 Å². The van der Waals surface area contributed by atoms with Crippen molar-refractivity contribution in [2.24, 2.45) is 5.41 Å². The summed E-state index contributed by atoms with van der Waals surface area (Å²) >= 11 is 0. The van der Waals surface area contributed by atoms with Crippen LogP contribution in [0.1, 0.15) is 129 Å². The van der Waals surface area contributed by atoms with Crippen molar-refractivity contribution >= 4 is 0 Å². The zero-order chi connectivity index (χ0) is 20.7. The van der Waals surface area contributed by atoms with Gasteiger partial charge in [0.25, 0.3) is 0 Å². The molecule has 1 aromatic rings. The topological polar surface area (TPSA) is 0 Å². The minimum Gasteiger partial charge on any atom is -0.0651 e. The molecule has 0 nitrogen and oxygen atoms in total. The van der Waals surface area contributed by atoms with Gasteiger partial charge in [0.2, 0.25) is 0 Å². The van der Waals surface area contributed by atoms with Crippen molar-refractivity contribution in [1.82, 2.24) is 0 Å². The van der Waals surface area contributed by atoms with Crippen LogP contribution < -0.4 is 0 Å². The number of hydrogen-bond donors (Lipinski definition) is 0. The lowest BCUT2D eigenvalue weighted by atomic mass is 9.78. The Morgan fingerprint density at radius 2 is 0.667 bits per heavy atom. The first-order valence-corrected chi connectivity index (χ1v) is 12.1. The molecule has 0 aliphatic heterocycles. The molecule has 0 heterocycles. The van der Waals surface area contributed by atoms with Crippen molar-refractivity contribution in [2.75, 3.05) is 0 Å². The molecule has 0 unspecified atom stereocenters. The lowest BCUT2D eigenvalue weighted by Crippen LogP contribution is -2.15. The Morgan fingerprint density at radius 3 is 0.778 bits per heavy atom. The molecule has 27 heavy (non-hydrogen) atoms. The maximum Gasteiger partial charge on any atom is -0.0279 e. The van der Waals surface area contributed by atoms with E-state index in [1.165, 1.54) is 77.0 Å². The second kappa shape index (κ2) is 15.2. The zero-order valence-corrected chi connectivity index (χ0v) is 20.1. The Hall–Kier alpha value is -0.780. The van der Waals surface area contributed by atoms with Crippen molar-refractivity contribution < 1.29 is 0 Å². The van der Waals surface area contributed by atoms with E-state index in [-0.39, 0.29) is 0 Å². The van der Waals surface area contributed by atoms with Crippen LogP contribution in [0.5, 0.6) is 0 Å². The van der Waals surface area contributed by atoms with Crippen LogP contribution in [0, 0.1) is 5.41 Å². The van der Waals surface area contributed by atoms with Crippen LogP contribution in [-0.4, -0.2) is 0 Å². The van der Waals surface area contributed by atoms with E-state index in [0.717, 1.165) is 0 Å². The van der Waals surface area contributed by atoms with Crippen molar-refractivity contribution in [1.29, 1.82) is 0 Å². The minimum absolute atomic E-state index is 0.667. The molecule has 1 rings (SSSR count). The van der Waals surface area contributed by atoms with E-state index in [2.05, 4.69) is 67.5 Å². The second-order valence-electron chi connectivity index (χ2n) is 8.30. The molecule has 0 amide bonds. The number of aryl methyl sites for hydroxylation is 4. The zero-order valence-electron chi connectivity index (χ0n) is 20.1. The Balaban J connectivity index is 0.000000636. The molecule has 0 bridgehead atoms. The van der Waals surface area contributed by atoms with Crippen LogP contribution >= 0.6 is 0 Å². The Bertz CT molecular complexity index is 395. The summed E-state index contributed by atoms with van der Waals surface area (Å²) in [5.41, 5.74) is 7.12. The van der Waals surface area contributed by atoms with Crippen LogP contribution in [0.4, 0.5) is 0 Å². The highest BCUT2D eigenvalue weighted by atomic mass is 14.3. The minimum atomic E-state index is 0.667. The quantitative estimate of drug-likeness (QED) is 0.342. The van der Waals surface area contributed by atoms with Crippen LogP contribution in [0.15, 0.2) is 12.1 Å². The van der Waals surface area contributed by atoms with Crippen molar-refractivity contribution in [2.45, 2.75) is 132 Å². The first-order chi connectivity index (χ1) is 13.0. The van der Waals surface area contributed by atoms with E-state index in [0.29, 0.717) is 5.41 Å². The van der Waals surface area contributed by atoms with Gasteiger partial charge in [-0.05, 0) is 53.4 Å². The normalized spacial score (nSPS) is 11.3. The summed E-state index contributed by atoms with van der Waals surface area (Å²) in [6, 6.07) is 5.03. The highest BCUT2D eigenvalue weighted by Crippen LogP contribution is 2.33. The van der Waals surface area contributed by atoms with Gasteiger partial charge >= 0.3 is 0 Å². The van der Waals surface area contributed by atoms with E-state index < -0.39 is 0 Å². The molecule has 0 spiro atoms. The summed E-state index contributed by atoms with van der Waals surface area (Å²) in [6.45, 7) is 18.4. The fourth-order valence-electron chi connectivity index (χ4n) is 4.30. The third kappa shape index (κ3) is 8.84. The summed E-state index contributed by atoms with van der Waals surface area (Å²) in [7, 11) is 0. The lowest BCUT2D eigenvalue weighted by molar-refractivity contribution is 0.240. The van der Waals surface area contributed by atoms with Gasteiger partial charge in [0.05, 0.1) is 0 Å². The maximum atomic E-state index is 2.52. The Labute approximate surface area is 172 Å². The molecule has 0 atom stereocenters. The molecular formula is C27H50. The molecule has 0 aliphatic carbocycles. The maximum absolute atomic E-state index is 2.52. The predicted octanol–water partition coefficient (Wildman–Crippen LogP) is 9.11. The summed E-state index contributed by atoms with van der Waals surface area (Å²) in [5, 5.41) is 0. The Morgan fingerprint density at radius 1 is 0.444 bits per heavy atom. The monoisotopic (exact) mass is 374 g/mol. The van der Waals surface area contributed by atoms with Gasteiger partial charge in [0.1, 0.15) is 0 Å². The highest BCUT2D eigenvalue weighted by Gasteiger charge is 2.20. The molecule has 0 aliphatic rings. The first kappa shape index (κ1) is 26.2. The van der Waals surface area contributed by atoms with Gasteiger partial charge in [0, 0.05) is 0 Å². The number of hydrogen-bond acceptors (Lipinski definition) is 0. The van der Waals surface area contributed by atoms with Crippen LogP contribution in [0.3, 0.4) is 0 Å². The molecule has 158 valence electrons. The van der Waals surface area contributed by atoms with E-state index in [4.69, 9.17) is 0 Å². The molecule has 0 saturated carbocycles. The third-order valence-corrected chi connectivity index (χ3v) is 6.60. The molecule has 0 aromatic heterocycles. The van der Waals surface area contributed by atoms with Gasteiger partial charge < -0.3 is 0 Å². The van der Waals surface area contributed by atoms with E-state index >= 15 is 0 Å².